The second-order valence-corrected chi connectivity index (χ2v) is 9.86. The average molecular weight is 460 g/mol. The maximum Gasteiger partial charge on any atom is 0.260 e. The average Bonchev–Trinajstić information content (AvgIpc) is 3.48. The lowest BCUT2D eigenvalue weighted by molar-refractivity contribution is 0.0954. The molecular weight excluding hydrogens is 442 g/mol. The molecule has 158 valence electrons. The van der Waals surface area contributed by atoms with E-state index < -0.39 is 0 Å². The lowest BCUT2D eigenvalue weighted by Gasteiger charge is -2.04. The number of fused-ring (bicyclic) bond motifs is 6. The zero-order valence-electron chi connectivity index (χ0n) is 17.2. The van der Waals surface area contributed by atoms with E-state index in [0.717, 1.165) is 25.7 Å². The molecule has 0 bridgehead atoms. The summed E-state index contributed by atoms with van der Waals surface area (Å²) in [6, 6.07) is 11.5. The first-order chi connectivity index (χ1) is 15.5. The number of carbonyl (C=O) groups is 1. The molecule has 5 heterocycles. The molecule has 0 aliphatic heterocycles. The number of carbonyl (C=O) groups excluding carboxylic acids is 1. The van der Waals surface area contributed by atoms with Crippen LogP contribution in [0.25, 0.3) is 38.1 Å². The minimum Gasteiger partial charge on any atom is -0.347 e. The van der Waals surface area contributed by atoms with E-state index >= 15 is 0 Å². The summed E-state index contributed by atoms with van der Waals surface area (Å²) in [6.07, 6.45) is 0. The van der Waals surface area contributed by atoms with Crippen LogP contribution in [0.3, 0.4) is 0 Å². The summed E-state index contributed by atoms with van der Waals surface area (Å²) in [5.74, 6) is -0.296. The van der Waals surface area contributed by atoms with Crippen molar-refractivity contribution in [3.05, 3.63) is 73.0 Å². The van der Waals surface area contributed by atoms with E-state index in [1.54, 1.807) is 11.3 Å². The van der Waals surface area contributed by atoms with Gasteiger partial charge in [0.25, 0.3) is 11.5 Å². The number of hydrogen-bond acceptors (Lipinski definition) is 6. The Hall–Kier alpha value is -3.56. The van der Waals surface area contributed by atoms with Crippen molar-refractivity contribution in [3.8, 4) is 0 Å². The molecule has 0 fully saturated rings. The molecule has 7 nitrogen and oxygen atoms in total. The minimum absolute atomic E-state index is 0.214. The summed E-state index contributed by atoms with van der Waals surface area (Å²) < 4.78 is 1.87. The van der Waals surface area contributed by atoms with E-state index in [9.17, 15) is 9.59 Å². The highest BCUT2D eigenvalue weighted by Gasteiger charge is 2.25. The predicted molar refractivity (Wildman–Crippen MR) is 129 cm³/mol. The van der Waals surface area contributed by atoms with Crippen LogP contribution in [-0.4, -0.2) is 25.3 Å². The molecule has 0 aliphatic carbocycles. The van der Waals surface area contributed by atoms with Gasteiger partial charge in [0, 0.05) is 9.75 Å². The molecule has 0 aliphatic rings. The Morgan fingerprint density at radius 3 is 2.66 bits per heavy atom. The zero-order valence-corrected chi connectivity index (χ0v) is 18.9. The molecule has 9 heteroatoms. The SMILES string of the molecule is Cc1sc2c(c1C)c(=O)[nH]c1c(C(=O)NCc3cccs3)c3nc4ccccc4nc3n12. The Kier molecular flexibility index (Phi) is 4.17. The summed E-state index contributed by atoms with van der Waals surface area (Å²) >= 11 is 3.10. The van der Waals surface area contributed by atoms with E-state index in [0.29, 0.717) is 39.8 Å². The van der Waals surface area contributed by atoms with Gasteiger partial charge in [-0.2, -0.15) is 0 Å². The maximum atomic E-state index is 13.4. The Labute approximate surface area is 189 Å². The topological polar surface area (TPSA) is 92.1 Å². The van der Waals surface area contributed by atoms with E-state index in [4.69, 9.17) is 9.97 Å². The smallest absolute Gasteiger partial charge is 0.260 e. The van der Waals surface area contributed by atoms with Crippen molar-refractivity contribution in [3.63, 3.8) is 0 Å². The fourth-order valence-corrected chi connectivity index (χ4v) is 5.85. The van der Waals surface area contributed by atoms with E-state index in [1.807, 2.05) is 60.0 Å². The maximum absolute atomic E-state index is 13.4. The van der Waals surface area contributed by atoms with Crippen LogP contribution >= 0.6 is 22.7 Å². The summed E-state index contributed by atoms with van der Waals surface area (Å²) in [4.78, 5) is 41.9. The highest BCUT2D eigenvalue weighted by molar-refractivity contribution is 7.18. The van der Waals surface area contributed by atoms with Gasteiger partial charge in [-0.1, -0.05) is 18.2 Å². The van der Waals surface area contributed by atoms with Gasteiger partial charge in [0.05, 0.1) is 23.0 Å². The molecule has 1 aromatic carbocycles. The highest BCUT2D eigenvalue weighted by atomic mass is 32.1. The first kappa shape index (κ1) is 19.1. The Balaban J connectivity index is 1.71. The molecule has 0 saturated carbocycles. The van der Waals surface area contributed by atoms with Crippen LogP contribution < -0.4 is 10.9 Å². The van der Waals surface area contributed by atoms with Crippen molar-refractivity contribution in [2.75, 3.05) is 0 Å². The fraction of sp³-hybridized carbons (Fsp3) is 0.130. The lowest BCUT2D eigenvalue weighted by Crippen LogP contribution is -2.23. The van der Waals surface area contributed by atoms with Gasteiger partial charge in [0.2, 0.25) is 0 Å². The lowest BCUT2D eigenvalue weighted by atomic mass is 10.2. The van der Waals surface area contributed by atoms with Crippen molar-refractivity contribution >= 4 is 66.6 Å². The van der Waals surface area contributed by atoms with Crippen LogP contribution in [0.4, 0.5) is 0 Å². The third-order valence-corrected chi connectivity index (χ3v) is 7.79. The van der Waals surface area contributed by atoms with Gasteiger partial charge >= 0.3 is 0 Å². The number of nitrogens with zero attached hydrogens (tertiary/aromatic N) is 3. The van der Waals surface area contributed by atoms with Crippen molar-refractivity contribution in [1.29, 1.82) is 0 Å². The highest BCUT2D eigenvalue weighted by Crippen LogP contribution is 2.33. The number of benzene rings is 1. The number of nitrogens with one attached hydrogen (secondary N) is 2. The number of thiophene rings is 2. The normalized spacial score (nSPS) is 11.8. The van der Waals surface area contributed by atoms with Crippen LogP contribution in [0, 0.1) is 13.8 Å². The Bertz CT molecular complexity index is 1740. The molecule has 0 radical (unpaired) electrons. The van der Waals surface area contributed by atoms with Gasteiger partial charge in [-0.05, 0) is 43.0 Å². The molecule has 2 N–H and O–H groups in total. The van der Waals surface area contributed by atoms with Gasteiger partial charge in [-0.15, -0.1) is 22.7 Å². The minimum atomic E-state index is -0.296. The van der Waals surface area contributed by atoms with Crippen molar-refractivity contribution in [2.24, 2.45) is 0 Å². The quantitative estimate of drug-likeness (QED) is 0.406. The van der Waals surface area contributed by atoms with Crippen molar-refractivity contribution < 1.29 is 4.79 Å². The van der Waals surface area contributed by atoms with Gasteiger partial charge < -0.3 is 10.3 Å². The van der Waals surface area contributed by atoms with Gasteiger partial charge in [-0.3, -0.25) is 14.0 Å². The Morgan fingerprint density at radius 1 is 1.12 bits per heavy atom. The number of aryl methyl sites for hydroxylation is 2. The monoisotopic (exact) mass is 459 g/mol. The first-order valence-corrected chi connectivity index (χ1v) is 11.8. The molecule has 0 spiro atoms. The van der Waals surface area contributed by atoms with Crippen molar-refractivity contribution in [2.45, 2.75) is 20.4 Å². The number of H-pyrrole nitrogens is 1. The van der Waals surface area contributed by atoms with Crippen LogP contribution in [0.2, 0.25) is 0 Å². The summed E-state index contributed by atoms with van der Waals surface area (Å²) in [6.45, 7) is 4.34. The van der Waals surface area contributed by atoms with Crippen LogP contribution in [0.15, 0.2) is 46.6 Å². The van der Waals surface area contributed by atoms with Gasteiger partial charge in [-0.25, -0.2) is 9.97 Å². The van der Waals surface area contributed by atoms with Crippen molar-refractivity contribution in [1.82, 2.24) is 24.7 Å². The standard InChI is InChI=1S/C23H17N5O2S2/c1-11-12(2)32-23-16(11)22(30)27-19-17(21(29)24-10-13-6-5-9-31-13)18-20(28(19)23)26-15-8-4-3-7-14(15)25-18/h3-9H,10H2,1-2H3,(H,24,29)(H,27,30). The van der Waals surface area contributed by atoms with E-state index in [1.165, 1.54) is 11.3 Å². The van der Waals surface area contributed by atoms with Gasteiger partial charge in [0.15, 0.2) is 5.65 Å². The summed E-state index contributed by atoms with van der Waals surface area (Å²) in [5.41, 5.74) is 3.92. The molecule has 5 aromatic heterocycles. The molecule has 0 unspecified atom stereocenters. The number of aromatic amines is 1. The molecule has 0 atom stereocenters. The fourth-order valence-electron chi connectivity index (χ4n) is 4.05. The number of hydrogen-bond donors (Lipinski definition) is 2. The van der Waals surface area contributed by atoms with Crippen LogP contribution in [0.5, 0.6) is 0 Å². The summed E-state index contributed by atoms with van der Waals surface area (Å²) in [7, 11) is 0. The molecule has 32 heavy (non-hydrogen) atoms. The molecule has 1 amide bonds. The molecule has 6 aromatic rings. The van der Waals surface area contributed by atoms with Crippen LogP contribution in [-0.2, 0) is 6.54 Å². The second-order valence-electron chi connectivity index (χ2n) is 7.62. The van der Waals surface area contributed by atoms with Crippen LogP contribution in [0.1, 0.15) is 25.7 Å². The largest absolute Gasteiger partial charge is 0.347 e. The Morgan fingerprint density at radius 2 is 1.91 bits per heavy atom. The molecule has 6 rings (SSSR count). The molecular formula is C23H17N5O2S2. The second kappa shape index (κ2) is 6.98. The number of rotatable bonds is 3. The van der Waals surface area contributed by atoms with E-state index in [-0.39, 0.29) is 11.5 Å². The number of aromatic nitrogens is 4. The summed E-state index contributed by atoms with van der Waals surface area (Å²) in [5, 5.41) is 5.57. The predicted octanol–water partition coefficient (Wildman–Crippen LogP) is 4.55. The third kappa shape index (κ3) is 2.71. The van der Waals surface area contributed by atoms with Gasteiger partial charge in [0.1, 0.15) is 21.6 Å². The first-order valence-electron chi connectivity index (χ1n) is 10.1. The number of amides is 1. The van der Waals surface area contributed by atoms with E-state index in [2.05, 4.69) is 10.3 Å². The third-order valence-electron chi connectivity index (χ3n) is 5.72. The molecule has 0 saturated heterocycles. The number of para-hydroxylation sites is 2. The zero-order chi connectivity index (χ0) is 22.0.